The van der Waals surface area contributed by atoms with E-state index in [1.54, 1.807) is 54.6 Å². The van der Waals surface area contributed by atoms with Crippen LogP contribution in [0.5, 0.6) is 11.5 Å². The molecule has 5 aromatic rings. The number of hydrogen-bond donors (Lipinski definition) is 0. The Hall–Kier alpha value is -4.95. The molecule has 0 aliphatic rings. The number of aromatic nitrogens is 2. The van der Waals surface area contributed by atoms with Crippen LogP contribution in [-0.4, -0.2) is 23.0 Å². The van der Waals surface area contributed by atoms with Crippen molar-refractivity contribution in [2.24, 2.45) is 5.10 Å². The van der Waals surface area contributed by atoms with Crippen LogP contribution in [0, 0.1) is 11.3 Å². The Bertz CT molecular complexity index is 1930. The Balaban J connectivity index is 1.55. The first-order valence-corrected chi connectivity index (χ1v) is 13.2. The van der Waals surface area contributed by atoms with Gasteiger partial charge in [-0.05, 0) is 64.0 Å². The highest BCUT2D eigenvalue weighted by Gasteiger charge is 2.31. The van der Waals surface area contributed by atoms with E-state index in [0.717, 1.165) is 16.8 Å². The Morgan fingerprint density at radius 1 is 1.05 bits per heavy atom. The highest BCUT2D eigenvalue weighted by Crippen LogP contribution is 2.37. The molecule has 0 radical (unpaired) electrons. The van der Waals surface area contributed by atoms with Gasteiger partial charge in [-0.2, -0.15) is 28.2 Å². The predicted octanol–water partition coefficient (Wildman–Crippen LogP) is 7.19. The molecule has 0 saturated carbocycles. The predicted molar refractivity (Wildman–Crippen MR) is 156 cm³/mol. The zero-order valence-electron chi connectivity index (χ0n) is 21.9. The molecule has 0 spiro atoms. The number of rotatable bonds is 7. The highest BCUT2D eigenvalue weighted by molar-refractivity contribution is 9.10. The lowest BCUT2D eigenvalue weighted by atomic mass is 10.1. The quantitative estimate of drug-likeness (QED) is 0.177. The van der Waals surface area contributed by atoms with Crippen molar-refractivity contribution in [3.63, 3.8) is 0 Å². The average Bonchev–Trinajstić information content (AvgIpc) is 2.99. The summed E-state index contributed by atoms with van der Waals surface area (Å²) in [6.45, 7) is 0.116. The zero-order valence-corrected chi connectivity index (χ0v) is 23.5. The second-order valence-corrected chi connectivity index (χ2v) is 9.84. The minimum absolute atomic E-state index is 0.0526. The molecule has 1 aromatic heterocycles. The molecular weight excluding hydrogens is 613 g/mol. The van der Waals surface area contributed by atoms with Gasteiger partial charge >= 0.3 is 6.18 Å². The number of hydrogen-bond acceptors (Lipinski definition) is 6. The lowest BCUT2D eigenvalue weighted by Crippen LogP contribution is -2.20. The van der Waals surface area contributed by atoms with Crippen LogP contribution in [0.15, 0.2) is 99.3 Å². The first-order chi connectivity index (χ1) is 20.2. The van der Waals surface area contributed by atoms with Crippen molar-refractivity contribution in [1.82, 2.24) is 9.66 Å². The fourth-order valence-electron chi connectivity index (χ4n) is 4.24. The molecule has 210 valence electrons. The van der Waals surface area contributed by atoms with Crippen molar-refractivity contribution in [3.05, 3.63) is 122 Å². The van der Waals surface area contributed by atoms with Gasteiger partial charge in [0.15, 0.2) is 17.3 Å². The van der Waals surface area contributed by atoms with E-state index in [0.29, 0.717) is 38.2 Å². The fourth-order valence-corrected chi connectivity index (χ4v) is 4.81. The summed E-state index contributed by atoms with van der Waals surface area (Å²) in [5, 5.41) is 13.9. The summed E-state index contributed by atoms with van der Waals surface area (Å²) in [5.41, 5.74) is 0.659. The maximum Gasteiger partial charge on any atom is 0.416 e. The number of nitriles is 1. The summed E-state index contributed by atoms with van der Waals surface area (Å²) in [4.78, 5) is 17.9. The van der Waals surface area contributed by atoms with Crippen LogP contribution >= 0.6 is 15.9 Å². The molecule has 0 atom stereocenters. The van der Waals surface area contributed by atoms with Crippen LogP contribution in [-0.2, 0) is 12.8 Å². The standard InChI is InChI=1S/C31H20BrF3N4O3/c1-41-27-14-19(13-25(32)28(27)42-18-22-8-3-2-7-21(22)16-36)17-37-39-29(20-9-6-10-23(15-20)31(33,34)35)38-26-12-5-4-11-24(26)30(39)40/h2-15,17H,18H2,1H3. The molecule has 0 amide bonds. The van der Waals surface area contributed by atoms with Crippen LogP contribution < -0.4 is 15.0 Å². The van der Waals surface area contributed by atoms with Gasteiger partial charge in [0.05, 0.1) is 45.9 Å². The number of nitrogens with zero attached hydrogens (tertiary/aromatic N) is 4. The smallest absolute Gasteiger partial charge is 0.416 e. The third-order valence-electron chi connectivity index (χ3n) is 6.29. The van der Waals surface area contributed by atoms with Crippen LogP contribution in [0.1, 0.15) is 22.3 Å². The first kappa shape index (κ1) is 28.6. The highest BCUT2D eigenvalue weighted by atomic mass is 79.9. The van der Waals surface area contributed by atoms with Crippen molar-refractivity contribution >= 4 is 33.0 Å². The minimum atomic E-state index is -4.58. The summed E-state index contributed by atoms with van der Waals surface area (Å²) >= 11 is 3.48. The summed E-state index contributed by atoms with van der Waals surface area (Å²) in [6.07, 6.45) is -3.21. The summed E-state index contributed by atoms with van der Waals surface area (Å²) in [7, 11) is 1.46. The summed E-state index contributed by atoms with van der Waals surface area (Å²) in [5.74, 6) is 0.683. The number of para-hydroxylation sites is 1. The second-order valence-electron chi connectivity index (χ2n) is 8.98. The molecule has 7 nitrogen and oxygen atoms in total. The van der Waals surface area contributed by atoms with E-state index < -0.39 is 17.3 Å². The van der Waals surface area contributed by atoms with Crippen molar-refractivity contribution < 1.29 is 22.6 Å². The molecule has 1 heterocycles. The number of alkyl halides is 3. The van der Waals surface area contributed by atoms with Crippen molar-refractivity contribution in [2.75, 3.05) is 7.11 Å². The molecular formula is C31H20BrF3N4O3. The van der Waals surface area contributed by atoms with Gasteiger partial charge in [-0.15, -0.1) is 0 Å². The number of fused-ring (bicyclic) bond motifs is 1. The molecule has 0 N–H and O–H groups in total. The topological polar surface area (TPSA) is 89.5 Å². The largest absolute Gasteiger partial charge is 0.493 e. The molecule has 0 aliphatic heterocycles. The van der Waals surface area contributed by atoms with E-state index in [2.05, 4.69) is 32.1 Å². The average molecular weight is 633 g/mol. The lowest BCUT2D eigenvalue weighted by Gasteiger charge is -2.14. The Kier molecular flexibility index (Phi) is 8.08. The summed E-state index contributed by atoms with van der Waals surface area (Å²) < 4.78 is 53.3. The van der Waals surface area contributed by atoms with Gasteiger partial charge in [0.25, 0.3) is 5.56 Å². The monoisotopic (exact) mass is 632 g/mol. The first-order valence-electron chi connectivity index (χ1n) is 12.4. The van der Waals surface area contributed by atoms with Gasteiger partial charge < -0.3 is 9.47 Å². The maximum atomic E-state index is 13.5. The van der Waals surface area contributed by atoms with E-state index in [4.69, 9.17) is 9.47 Å². The molecule has 11 heteroatoms. The maximum absolute atomic E-state index is 13.5. The number of methoxy groups -OCH3 is 1. The Labute approximate surface area is 246 Å². The third kappa shape index (κ3) is 5.89. The minimum Gasteiger partial charge on any atom is -0.493 e. The van der Waals surface area contributed by atoms with Crippen molar-refractivity contribution in [1.29, 1.82) is 5.26 Å². The molecule has 0 unspecified atom stereocenters. The van der Waals surface area contributed by atoms with Crippen LogP contribution in [0.25, 0.3) is 22.3 Å². The Morgan fingerprint density at radius 3 is 2.57 bits per heavy atom. The van der Waals surface area contributed by atoms with Crippen LogP contribution in [0.2, 0.25) is 0 Å². The molecule has 0 bridgehead atoms. The van der Waals surface area contributed by atoms with Gasteiger partial charge in [0, 0.05) is 11.1 Å². The third-order valence-corrected chi connectivity index (χ3v) is 6.87. The van der Waals surface area contributed by atoms with Gasteiger partial charge in [0.2, 0.25) is 0 Å². The van der Waals surface area contributed by atoms with Crippen LogP contribution in [0.4, 0.5) is 13.2 Å². The van der Waals surface area contributed by atoms with Gasteiger partial charge in [0.1, 0.15) is 6.61 Å². The number of ether oxygens (including phenoxy) is 2. The SMILES string of the molecule is COc1cc(C=Nn2c(-c3cccc(C(F)(F)F)c3)nc3ccccc3c2=O)cc(Br)c1OCc1ccccc1C#N. The molecule has 0 fully saturated rings. The number of benzene rings is 4. The van der Waals surface area contributed by atoms with Gasteiger partial charge in [-0.3, -0.25) is 4.79 Å². The lowest BCUT2D eigenvalue weighted by molar-refractivity contribution is -0.137. The molecule has 4 aromatic carbocycles. The molecule has 5 rings (SSSR count). The summed E-state index contributed by atoms with van der Waals surface area (Å²) in [6, 6.07) is 23.6. The molecule has 0 aliphatic carbocycles. The fraction of sp³-hybridized carbons (Fsp3) is 0.0968. The van der Waals surface area contributed by atoms with E-state index in [9.17, 15) is 23.2 Å². The Morgan fingerprint density at radius 2 is 1.81 bits per heavy atom. The molecule has 42 heavy (non-hydrogen) atoms. The van der Waals surface area contributed by atoms with Gasteiger partial charge in [-0.25, -0.2) is 4.98 Å². The van der Waals surface area contributed by atoms with Crippen molar-refractivity contribution in [3.8, 4) is 29.0 Å². The van der Waals surface area contributed by atoms with E-state index in [-0.39, 0.29) is 23.4 Å². The normalized spacial score (nSPS) is 11.5. The van der Waals surface area contributed by atoms with Gasteiger partial charge in [-0.1, -0.05) is 42.5 Å². The van der Waals surface area contributed by atoms with Crippen molar-refractivity contribution in [2.45, 2.75) is 12.8 Å². The van der Waals surface area contributed by atoms with Crippen LogP contribution in [0.3, 0.4) is 0 Å². The zero-order chi connectivity index (χ0) is 29.9. The molecule has 0 saturated heterocycles. The number of halogens is 4. The van der Waals surface area contributed by atoms with E-state index in [1.807, 2.05) is 6.07 Å². The van der Waals surface area contributed by atoms with E-state index in [1.165, 1.54) is 25.5 Å². The second kappa shape index (κ2) is 11.9. The van der Waals surface area contributed by atoms with E-state index >= 15 is 0 Å².